The van der Waals surface area contributed by atoms with Crippen LogP contribution >= 0.6 is 0 Å². The van der Waals surface area contributed by atoms with Crippen molar-refractivity contribution in [2.45, 2.75) is 25.5 Å². The van der Waals surface area contributed by atoms with Crippen LogP contribution in [0.5, 0.6) is 0 Å². The van der Waals surface area contributed by atoms with Crippen molar-refractivity contribution in [1.29, 1.82) is 0 Å². The summed E-state index contributed by atoms with van der Waals surface area (Å²) in [6, 6.07) is 6.04. The number of carbonyl (C=O) groups excluding carboxylic acids is 1. The van der Waals surface area contributed by atoms with Crippen LogP contribution in [0.1, 0.15) is 12.0 Å². The molecule has 90 valence electrons. The van der Waals surface area contributed by atoms with E-state index < -0.39 is 0 Å². The molecule has 3 rings (SSSR count). The van der Waals surface area contributed by atoms with Gasteiger partial charge in [-0.25, -0.2) is 0 Å². The number of hydrogen-bond acceptors (Lipinski definition) is 3. The van der Waals surface area contributed by atoms with Crippen LogP contribution < -0.4 is 10.2 Å². The van der Waals surface area contributed by atoms with Gasteiger partial charge in [-0.3, -0.25) is 4.79 Å². The molecule has 0 radical (unpaired) electrons. The van der Waals surface area contributed by atoms with Crippen molar-refractivity contribution in [3.05, 3.63) is 23.8 Å². The normalized spacial score (nSPS) is 26.5. The third-order valence-corrected chi connectivity index (χ3v) is 3.71. The minimum atomic E-state index is -0.0748. The molecule has 1 fully saturated rings. The van der Waals surface area contributed by atoms with Gasteiger partial charge in [-0.05, 0) is 18.6 Å². The van der Waals surface area contributed by atoms with Crippen molar-refractivity contribution in [3.63, 3.8) is 0 Å². The van der Waals surface area contributed by atoms with Crippen molar-refractivity contribution < 1.29 is 9.53 Å². The van der Waals surface area contributed by atoms with Crippen molar-refractivity contribution in [1.82, 2.24) is 0 Å². The number of aryl methyl sites for hydroxylation is 1. The molecule has 2 atom stereocenters. The molecule has 1 saturated heterocycles. The Balaban J connectivity index is 2.05. The van der Waals surface area contributed by atoms with Crippen molar-refractivity contribution in [2.75, 3.05) is 23.9 Å². The SMILES string of the molecule is COC1CC2C(=O)Nc3c(C)cccc3N2C1. The zero-order valence-electron chi connectivity index (χ0n) is 10.1. The Morgan fingerprint density at radius 3 is 3.06 bits per heavy atom. The molecule has 1 aromatic carbocycles. The van der Waals surface area contributed by atoms with E-state index in [0.29, 0.717) is 0 Å². The Bertz CT molecular complexity index is 472. The zero-order valence-corrected chi connectivity index (χ0v) is 10.1. The average Bonchev–Trinajstić information content (AvgIpc) is 2.76. The maximum Gasteiger partial charge on any atom is 0.247 e. The number of hydrogen-bond donors (Lipinski definition) is 1. The average molecular weight is 232 g/mol. The Labute approximate surface area is 101 Å². The van der Waals surface area contributed by atoms with Gasteiger partial charge in [0.1, 0.15) is 6.04 Å². The van der Waals surface area contributed by atoms with Crippen molar-refractivity contribution in [2.24, 2.45) is 0 Å². The van der Waals surface area contributed by atoms with Gasteiger partial charge in [-0.2, -0.15) is 0 Å². The van der Waals surface area contributed by atoms with Gasteiger partial charge < -0.3 is 15.0 Å². The third kappa shape index (κ3) is 1.52. The van der Waals surface area contributed by atoms with Crippen LogP contribution in [0.25, 0.3) is 0 Å². The largest absolute Gasteiger partial charge is 0.380 e. The lowest BCUT2D eigenvalue weighted by Crippen LogP contribution is -2.44. The fraction of sp³-hybridized carbons (Fsp3) is 0.462. The van der Waals surface area contributed by atoms with Crippen LogP contribution in [-0.4, -0.2) is 31.7 Å². The summed E-state index contributed by atoms with van der Waals surface area (Å²) < 4.78 is 5.37. The first-order chi connectivity index (χ1) is 8.20. The molecule has 1 aromatic rings. The van der Waals surface area contributed by atoms with Gasteiger partial charge >= 0.3 is 0 Å². The van der Waals surface area contributed by atoms with Gasteiger partial charge in [0.15, 0.2) is 0 Å². The number of ether oxygens (including phenoxy) is 1. The summed E-state index contributed by atoms with van der Waals surface area (Å²) in [6.45, 7) is 2.81. The van der Waals surface area contributed by atoms with E-state index >= 15 is 0 Å². The smallest absolute Gasteiger partial charge is 0.247 e. The summed E-state index contributed by atoms with van der Waals surface area (Å²) >= 11 is 0. The number of carbonyl (C=O) groups is 1. The summed E-state index contributed by atoms with van der Waals surface area (Å²) in [5, 5.41) is 3.01. The molecule has 4 nitrogen and oxygen atoms in total. The molecule has 1 amide bonds. The van der Waals surface area contributed by atoms with E-state index in [1.807, 2.05) is 19.1 Å². The van der Waals surface area contributed by atoms with Crippen LogP contribution in [-0.2, 0) is 9.53 Å². The van der Waals surface area contributed by atoms with Gasteiger partial charge in [-0.15, -0.1) is 0 Å². The van der Waals surface area contributed by atoms with Gasteiger partial charge in [0.05, 0.1) is 17.5 Å². The highest BCUT2D eigenvalue weighted by atomic mass is 16.5. The second kappa shape index (κ2) is 3.74. The van der Waals surface area contributed by atoms with Gasteiger partial charge in [0.25, 0.3) is 0 Å². The number of anilines is 2. The second-order valence-electron chi connectivity index (χ2n) is 4.72. The molecule has 2 unspecified atom stereocenters. The van der Waals surface area contributed by atoms with Crippen LogP contribution in [0.2, 0.25) is 0 Å². The highest BCUT2D eigenvalue weighted by Crippen LogP contribution is 2.38. The molecule has 2 aliphatic rings. The monoisotopic (exact) mass is 232 g/mol. The molecule has 0 bridgehead atoms. The minimum absolute atomic E-state index is 0.0748. The number of rotatable bonds is 1. The van der Waals surface area contributed by atoms with E-state index in [1.165, 1.54) is 0 Å². The van der Waals surface area contributed by atoms with Crippen molar-refractivity contribution >= 4 is 17.3 Å². The summed E-state index contributed by atoms with van der Waals surface area (Å²) in [5.41, 5.74) is 3.18. The number of methoxy groups -OCH3 is 1. The van der Waals surface area contributed by atoms with Crippen molar-refractivity contribution in [3.8, 4) is 0 Å². The molecule has 0 aromatic heterocycles. The first kappa shape index (κ1) is 10.6. The minimum Gasteiger partial charge on any atom is -0.380 e. The maximum absolute atomic E-state index is 12.0. The molecule has 1 N–H and O–H groups in total. The van der Waals surface area contributed by atoms with Crippen LogP contribution in [0.15, 0.2) is 18.2 Å². The topological polar surface area (TPSA) is 41.6 Å². The van der Waals surface area contributed by atoms with E-state index in [1.54, 1.807) is 7.11 Å². The summed E-state index contributed by atoms with van der Waals surface area (Å²) in [7, 11) is 1.71. The van der Waals surface area contributed by atoms with Gasteiger partial charge in [0, 0.05) is 20.1 Å². The number of fused-ring (bicyclic) bond motifs is 3. The quantitative estimate of drug-likeness (QED) is 0.798. The first-order valence-electron chi connectivity index (χ1n) is 5.90. The Kier molecular flexibility index (Phi) is 2.33. The van der Waals surface area contributed by atoms with Gasteiger partial charge in [-0.1, -0.05) is 12.1 Å². The van der Waals surface area contributed by atoms with E-state index in [9.17, 15) is 4.79 Å². The molecule has 0 aliphatic carbocycles. The predicted molar refractivity (Wildman–Crippen MR) is 66.4 cm³/mol. The molecule has 17 heavy (non-hydrogen) atoms. The first-order valence-corrected chi connectivity index (χ1v) is 5.90. The maximum atomic E-state index is 12.0. The van der Waals surface area contributed by atoms with E-state index in [4.69, 9.17) is 4.74 Å². The molecule has 4 heteroatoms. The Morgan fingerprint density at radius 1 is 1.47 bits per heavy atom. The van der Waals surface area contributed by atoms with E-state index in [0.717, 1.165) is 29.9 Å². The summed E-state index contributed by atoms with van der Waals surface area (Å²) in [5.74, 6) is 0.0892. The Hall–Kier alpha value is -1.55. The predicted octanol–water partition coefficient (Wildman–Crippen LogP) is 1.54. The van der Waals surface area contributed by atoms with Crippen LogP contribution in [0.4, 0.5) is 11.4 Å². The molecule has 2 aliphatic heterocycles. The van der Waals surface area contributed by atoms with Crippen LogP contribution in [0, 0.1) is 6.92 Å². The second-order valence-corrected chi connectivity index (χ2v) is 4.72. The number of nitrogens with zero attached hydrogens (tertiary/aromatic N) is 1. The lowest BCUT2D eigenvalue weighted by molar-refractivity contribution is -0.117. The Morgan fingerprint density at radius 2 is 2.29 bits per heavy atom. The molecule has 0 saturated carbocycles. The van der Waals surface area contributed by atoms with Crippen LogP contribution in [0.3, 0.4) is 0 Å². The molecular formula is C13H16N2O2. The number of benzene rings is 1. The summed E-state index contributed by atoms with van der Waals surface area (Å²) in [4.78, 5) is 14.2. The standard InChI is InChI=1S/C13H16N2O2/c1-8-4-3-5-10-12(8)14-13(16)11-6-9(17-2)7-15(10)11/h3-5,9,11H,6-7H2,1-2H3,(H,14,16). The molecule has 0 spiro atoms. The third-order valence-electron chi connectivity index (χ3n) is 3.71. The number of para-hydroxylation sites is 1. The highest BCUT2D eigenvalue weighted by molar-refractivity contribution is 6.04. The van der Waals surface area contributed by atoms with E-state index in [2.05, 4.69) is 16.3 Å². The zero-order chi connectivity index (χ0) is 12.0. The lowest BCUT2D eigenvalue weighted by Gasteiger charge is -2.33. The summed E-state index contributed by atoms with van der Waals surface area (Å²) in [6.07, 6.45) is 0.924. The van der Waals surface area contributed by atoms with E-state index in [-0.39, 0.29) is 18.1 Å². The fourth-order valence-electron chi connectivity index (χ4n) is 2.74. The highest BCUT2D eigenvalue weighted by Gasteiger charge is 2.41. The number of nitrogens with one attached hydrogen (secondary N) is 1. The number of amides is 1. The lowest BCUT2D eigenvalue weighted by atomic mass is 10.1. The molecule has 2 heterocycles. The fourth-order valence-corrected chi connectivity index (χ4v) is 2.74. The van der Waals surface area contributed by atoms with Gasteiger partial charge in [0.2, 0.25) is 5.91 Å². The molecular weight excluding hydrogens is 216 g/mol.